The van der Waals surface area contributed by atoms with Crippen molar-refractivity contribution in [1.82, 2.24) is 19.6 Å². The Balaban J connectivity index is 1.42. The van der Waals surface area contributed by atoms with Crippen LogP contribution in [0.3, 0.4) is 0 Å². The minimum absolute atomic E-state index is 0.167. The van der Waals surface area contributed by atoms with E-state index in [0.717, 1.165) is 11.3 Å². The van der Waals surface area contributed by atoms with Crippen LogP contribution in [0.5, 0.6) is 0 Å². The van der Waals surface area contributed by atoms with E-state index in [1.807, 2.05) is 35.2 Å². The van der Waals surface area contributed by atoms with Gasteiger partial charge in [-0.3, -0.25) is 14.2 Å². The average molecular weight is 426 g/mol. The fraction of sp³-hybridized carbons (Fsp3) is 0.190. The Morgan fingerprint density at radius 3 is 2.79 bits per heavy atom. The number of halogens is 1. The van der Waals surface area contributed by atoms with E-state index in [4.69, 9.17) is 11.6 Å². The number of hydrogen-bond acceptors (Lipinski definition) is 4. The van der Waals surface area contributed by atoms with E-state index in [1.165, 1.54) is 22.5 Å². The van der Waals surface area contributed by atoms with E-state index in [2.05, 4.69) is 40.6 Å². The summed E-state index contributed by atoms with van der Waals surface area (Å²) in [5.41, 5.74) is 4.38. The van der Waals surface area contributed by atoms with E-state index in [0.29, 0.717) is 28.8 Å². The van der Waals surface area contributed by atoms with E-state index < -0.39 is 0 Å². The Hall–Kier alpha value is -2.90. The SMILES string of the molecule is Cc1cccc(Cn2nc(NC(=O)c3cc(Cn4cc(Cl)cn4)cs3)cc2C)c1. The number of carbonyl (C=O) groups is 1. The molecule has 29 heavy (non-hydrogen) atoms. The van der Waals surface area contributed by atoms with Crippen molar-refractivity contribution >= 4 is 34.7 Å². The fourth-order valence-electron chi connectivity index (χ4n) is 3.08. The third-order valence-corrected chi connectivity index (χ3v) is 5.63. The Kier molecular flexibility index (Phi) is 5.51. The van der Waals surface area contributed by atoms with Gasteiger partial charge < -0.3 is 5.32 Å². The van der Waals surface area contributed by atoms with E-state index in [-0.39, 0.29) is 5.91 Å². The van der Waals surface area contributed by atoms with Crippen molar-refractivity contribution < 1.29 is 4.79 Å². The van der Waals surface area contributed by atoms with Gasteiger partial charge in [0.15, 0.2) is 5.82 Å². The number of aromatic nitrogens is 4. The molecule has 0 aliphatic carbocycles. The number of nitrogens with one attached hydrogen (secondary N) is 1. The molecule has 1 aromatic carbocycles. The molecule has 0 bridgehead atoms. The second kappa shape index (κ2) is 8.23. The first kappa shape index (κ1) is 19.4. The number of nitrogens with zero attached hydrogens (tertiary/aromatic N) is 4. The molecule has 1 amide bonds. The second-order valence-corrected chi connectivity index (χ2v) is 8.29. The number of hydrogen-bond donors (Lipinski definition) is 1. The molecule has 0 fully saturated rings. The minimum Gasteiger partial charge on any atom is -0.304 e. The highest BCUT2D eigenvalue weighted by molar-refractivity contribution is 7.12. The first-order valence-electron chi connectivity index (χ1n) is 9.13. The van der Waals surface area contributed by atoms with Gasteiger partial charge in [0.2, 0.25) is 0 Å². The maximum atomic E-state index is 12.6. The molecule has 0 saturated carbocycles. The van der Waals surface area contributed by atoms with Crippen LogP contribution in [0.2, 0.25) is 5.02 Å². The van der Waals surface area contributed by atoms with Gasteiger partial charge in [0.25, 0.3) is 5.91 Å². The third-order valence-electron chi connectivity index (χ3n) is 4.46. The van der Waals surface area contributed by atoms with Crippen LogP contribution in [0.1, 0.15) is 32.1 Å². The standard InChI is InChI=1S/C21H20ClN5OS/c1-14-4-3-5-16(6-14)11-27-15(2)7-20(25-27)24-21(28)19-8-17(13-29-19)10-26-12-18(22)9-23-26/h3-9,12-13H,10-11H2,1-2H3,(H,24,25,28). The summed E-state index contributed by atoms with van der Waals surface area (Å²) < 4.78 is 3.63. The van der Waals surface area contributed by atoms with Crippen molar-refractivity contribution in [2.45, 2.75) is 26.9 Å². The van der Waals surface area contributed by atoms with Crippen LogP contribution < -0.4 is 5.32 Å². The predicted octanol–water partition coefficient (Wildman–Crippen LogP) is 4.76. The number of benzene rings is 1. The van der Waals surface area contributed by atoms with Crippen molar-refractivity contribution in [2.75, 3.05) is 5.32 Å². The maximum absolute atomic E-state index is 12.6. The first-order valence-corrected chi connectivity index (χ1v) is 10.4. The van der Waals surface area contributed by atoms with Gasteiger partial charge in [0.1, 0.15) is 0 Å². The highest BCUT2D eigenvalue weighted by atomic mass is 35.5. The molecule has 0 unspecified atom stereocenters. The van der Waals surface area contributed by atoms with Crippen molar-refractivity contribution in [3.63, 3.8) is 0 Å². The number of aryl methyl sites for hydroxylation is 2. The zero-order valence-electron chi connectivity index (χ0n) is 16.1. The van der Waals surface area contributed by atoms with Crippen LogP contribution in [0.4, 0.5) is 5.82 Å². The molecule has 8 heteroatoms. The van der Waals surface area contributed by atoms with Gasteiger partial charge in [0, 0.05) is 18.0 Å². The highest BCUT2D eigenvalue weighted by Gasteiger charge is 2.13. The second-order valence-electron chi connectivity index (χ2n) is 6.95. The molecule has 0 saturated heterocycles. The van der Waals surface area contributed by atoms with Crippen molar-refractivity contribution in [3.8, 4) is 0 Å². The number of rotatable bonds is 6. The molecule has 0 aliphatic rings. The minimum atomic E-state index is -0.167. The van der Waals surface area contributed by atoms with Crippen LogP contribution in [-0.4, -0.2) is 25.5 Å². The number of carbonyl (C=O) groups excluding carboxylic acids is 1. The van der Waals surface area contributed by atoms with Crippen LogP contribution in [-0.2, 0) is 13.1 Å². The zero-order chi connectivity index (χ0) is 20.4. The van der Waals surface area contributed by atoms with Gasteiger partial charge >= 0.3 is 0 Å². The van der Waals surface area contributed by atoms with Gasteiger partial charge in [-0.2, -0.15) is 10.2 Å². The van der Waals surface area contributed by atoms with Gasteiger partial charge in [0.05, 0.1) is 29.2 Å². The van der Waals surface area contributed by atoms with Gasteiger partial charge in [-0.05, 0) is 36.4 Å². The summed E-state index contributed by atoms with van der Waals surface area (Å²) in [4.78, 5) is 13.2. The molecule has 0 radical (unpaired) electrons. The average Bonchev–Trinajstić information content (AvgIpc) is 3.37. The molecule has 3 heterocycles. The lowest BCUT2D eigenvalue weighted by molar-refractivity contribution is 0.103. The lowest BCUT2D eigenvalue weighted by Crippen LogP contribution is -2.11. The molecule has 6 nitrogen and oxygen atoms in total. The summed E-state index contributed by atoms with van der Waals surface area (Å²) in [5, 5.41) is 14.1. The summed E-state index contributed by atoms with van der Waals surface area (Å²) in [6, 6.07) is 12.1. The molecule has 148 valence electrons. The van der Waals surface area contributed by atoms with Crippen LogP contribution in [0, 0.1) is 13.8 Å². The number of anilines is 1. The zero-order valence-corrected chi connectivity index (χ0v) is 17.7. The fourth-order valence-corrected chi connectivity index (χ4v) is 4.04. The molecule has 4 rings (SSSR count). The highest BCUT2D eigenvalue weighted by Crippen LogP contribution is 2.19. The molecule has 0 atom stereocenters. The maximum Gasteiger partial charge on any atom is 0.266 e. The predicted molar refractivity (Wildman–Crippen MR) is 116 cm³/mol. The van der Waals surface area contributed by atoms with Gasteiger partial charge in [-0.15, -0.1) is 11.3 Å². The van der Waals surface area contributed by atoms with Crippen molar-refractivity contribution in [3.05, 3.63) is 86.5 Å². The van der Waals surface area contributed by atoms with E-state index in [9.17, 15) is 4.79 Å². The summed E-state index contributed by atoms with van der Waals surface area (Å²) in [5.74, 6) is 0.383. The Morgan fingerprint density at radius 1 is 1.17 bits per heavy atom. The first-order chi connectivity index (χ1) is 14.0. The van der Waals surface area contributed by atoms with Crippen LogP contribution in [0.25, 0.3) is 0 Å². The van der Waals surface area contributed by atoms with Gasteiger partial charge in [-0.1, -0.05) is 41.4 Å². The molecular formula is C21H20ClN5OS. The van der Waals surface area contributed by atoms with Gasteiger partial charge in [-0.25, -0.2) is 0 Å². The van der Waals surface area contributed by atoms with E-state index >= 15 is 0 Å². The third kappa shape index (κ3) is 4.75. The Morgan fingerprint density at radius 2 is 2.03 bits per heavy atom. The summed E-state index contributed by atoms with van der Waals surface area (Å²) >= 11 is 7.29. The Labute approximate surface area is 177 Å². The summed E-state index contributed by atoms with van der Waals surface area (Å²) in [6.45, 7) is 5.29. The molecule has 1 N–H and O–H groups in total. The van der Waals surface area contributed by atoms with E-state index in [1.54, 1.807) is 17.1 Å². The smallest absolute Gasteiger partial charge is 0.266 e. The monoisotopic (exact) mass is 425 g/mol. The molecule has 4 aromatic rings. The topological polar surface area (TPSA) is 64.7 Å². The lowest BCUT2D eigenvalue weighted by Gasteiger charge is -2.05. The number of thiophene rings is 1. The van der Waals surface area contributed by atoms with Crippen molar-refractivity contribution in [2.24, 2.45) is 0 Å². The molecule has 0 aliphatic heterocycles. The van der Waals surface area contributed by atoms with Crippen LogP contribution in [0.15, 0.2) is 54.2 Å². The molecule has 3 aromatic heterocycles. The van der Waals surface area contributed by atoms with Crippen LogP contribution >= 0.6 is 22.9 Å². The quantitative estimate of drug-likeness (QED) is 0.484. The molecule has 0 spiro atoms. The largest absolute Gasteiger partial charge is 0.304 e. The molecular weight excluding hydrogens is 406 g/mol. The summed E-state index contributed by atoms with van der Waals surface area (Å²) in [7, 11) is 0. The normalized spacial score (nSPS) is 11.0. The lowest BCUT2D eigenvalue weighted by atomic mass is 10.1. The van der Waals surface area contributed by atoms with Crippen molar-refractivity contribution in [1.29, 1.82) is 0 Å². The Bertz CT molecular complexity index is 1160. The number of amides is 1. The summed E-state index contributed by atoms with van der Waals surface area (Å²) in [6.07, 6.45) is 3.35.